The molecule has 2 aliphatic carbocycles. The number of allylic oxidation sites excluding steroid dienone is 3. The van der Waals surface area contributed by atoms with Gasteiger partial charge in [0.15, 0.2) is 0 Å². The quantitative estimate of drug-likeness (QED) is 0.194. The van der Waals surface area contributed by atoms with Crippen LogP contribution in [0.4, 0.5) is 0 Å². The first-order chi connectivity index (χ1) is 17.1. The van der Waals surface area contributed by atoms with Crippen LogP contribution in [0.2, 0.25) is 0 Å². The summed E-state index contributed by atoms with van der Waals surface area (Å²) in [6.45, 7) is 5.92. The number of esters is 1. The number of hydrogen-bond acceptors (Lipinski definition) is 6. The van der Waals surface area contributed by atoms with Crippen molar-refractivity contribution >= 4 is 17.3 Å². The molecule has 0 radical (unpaired) electrons. The van der Waals surface area contributed by atoms with E-state index in [9.17, 15) is 15.2 Å². The highest BCUT2D eigenvalue weighted by atomic mass is 32.1. The summed E-state index contributed by atoms with van der Waals surface area (Å²) in [5, 5.41) is 31.3. The van der Waals surface area contributed by atoms with E-state index in [1.807, 2.05) is 0 Å². The number of unbranched alkanes of at least 4 members (excludes halogenated alkanes) is 1. The first kappa shape index (κ1) is 29.0. The van der Waals surface area contributed by atoms with Gasteiger partial charge in [-0.25, -0.2) is 0 Å². The molecule has 1 aromatic rings. The fraction of sp³-hybridized carbons (Fsp3) is 0.586. The van der Waals surface area contributed by atoms with E-state index < -0.39 is 0 Å². The highest BCUT2D eigenvalue weighted by molar-refractivity contribution is 7.10. The van der Waals surface area contributed by atoms with Crippen molar-refractivity contribution in [3.63, 3.8) is 0 Å². The summed E-state index contributed by atoms with van der Waals surface area (Å²) in [5.41, 5.74) is -0.0595. The molecule has 0 amide bonds. The maximum atomic E-state index is 11.5. The van der Waals surface area contributed by atoms with Crippen LogP contribution in [0.5, 0.6) is 0 Å². The lowest BCUT2D eigenvalue weighted by molar-refractivity contribution is -0.144. The van der Waals surface area contributed by atoms with Gasteiger partial charge in [-0.05, 0) is 74.6 Å². The average molecular weight is 500 g/mol. The zero-order valence-corrected chi connectivity index (χ0v) is 21.6. The molecule has 0 bridgehead atoms. The molecule has 6 heteroatoms. The Labute approximate surface area is 214 Å². The maximum absolute atomic E-state index is 11.5. The molecule has 35 heavy (non-hydrogen) atoms. The van der Waals surface area contributed by atoms with Crippen LogP contribution in [-0.2, 0) is 14.9 Å². The highest BCUT2D eigenvalue weighted by Crippen LogP contribution is 2.49. The van der Waals surface area contributed by atoms with Crippen LogP contribution in [0.25, 0.3) is 0 Å². The van der Waals surface area contributed by atoms with Gasteiger partial charge in [0.05, 0.1) is 24.7 Å². The molecular formula is C29H41NO4S. The van der Waals surface area contributed by atoms with Gasteiger partial charge in [0, 0.05) is 16.7 Å². The van der Waals surface area contributed by atoms with Crippen LogP contribution in [0.3, 0.4) is 0 Å². The van der Waals surface area contributed by atoms with Gasteiger partial charge in [-0.15, -0.1) is 24.5 Å². The largest absolute Gasteiger partial charge is 0.463 e. The average Bonchev–Trinajstić information content (AvgIpc) is 3.51. The molecule has 0 aliphatic heterocycles. The number of thiophene rings is 1. The van der Waals surface area contributed by atoms with Gasteiger partial charge < -0.3 is 14.9 Å². The van der Waals surface area contributed by atoms with Crippen molar-refractivity contribution in [2.75, 3.05) is 13.2 Å². The molecule has 0 saturated heterocycles. The molecule has 4 atom stereocenters. The van der Waals surface area contributed by atoms with Crippen LogP contribution in [-0.4, -0.2) is 35.5 Å². The lowest BCUT2D eigenvalue weighted by atomic mass is 9.63. The zero-order valence-electron chi connectivity index (χ0n) is 20.8. The SMILES string of the molecule is C=C.N#C[C@@H]1CC[C@H](/C=C/CC(O)C2(c3cccs3)CCC2)C1C/C=C\CCCC(=O)OCCO. The summed E-state index contributed by atoms with van der Waals surface area (Å²) < 4.78 is 4.85. The van der Waals surface area contributed by atoms with Crippen LogP contribution < -0.4 is 0 Å². The Kier molecular flexibility index (Phi) is 13.0. The fourth-order valence-electron chi connectivity index (χ4n) is 5.28. The van der Waals surface area contributed by atoms with Crippen molar-refractivity contribution in [2.45, 2.75) is 75.7 Å². The number of carbonyl (C=O) groups excluding carboxylic acids is 1. The third-order valence-electron chi connectivity index (χ3n) is 7.36. The molecule has 5 nitrogen and oxygen atoms in total. The summed E-state index contributed by atoms with van der Waals surface area (Å²) >= 11 is 1.75. The molecule has 1 heterocycles. The zero-order chi connectivity index (χ0) is 25.5. The smallest absolute Gasteiger partial charge is 0.305 e. The number of aliphatic hydroxyl groups is 2. The number of hydrogen-bond donors (Lipinski definition) is 2. The van der Waals surface area contributed by atoms with E-state index in [0.29, 0.717) is 24.7 Å². The summed E-state index contributed by atoms with van der Waals surface area (Å²) in [6.07, 6.45) is 17.0. The molecule has 3 rings (SSSR count). The highest BCUT2D eigenvalue weighted by Gasteiger charge is 2.45. The lowest BCUT2D eigenvalue weighted by Gasteiger charge is -2.44. The number of nitriles is 1. The fourth-order valence-corrected chi connectivity index (χ4v) is 6.31. The second-order valence-electron chi connectivity index (χ2n) is 9.35. The van der Waals surface area contributed by atoms with E-state index in [1.165, 1.54) is 11.3 Å². The Bertz CT molecular complexity index is 837. The topological polar surface area (TPSA) is 90.5 Å². The maximum Gasteiger partial charge on any atom is 0.305 e. The Morgan fingerprint density at radius 2 is 2.11 bits per heavy atom. The Morgan fingerprint density at radius 1 is 1.31 bits per heavy atom. The summed E-state index contributed by atoms with van der Waals surface area (Å²) in [7, 11) is 0. The molecule has 2 N–H and O–H groups in total. The molecular weight excluding hydrogens is 458 g/mol. The van der Waals surface area contributed by atoms with E-state index in [1.54, 1.807) is 11.3 Å². The van der Waals surface area contributed by atoms with Gasteiger partial charge in [-0.1, -0.05) is 36.8 Å². The number of aliphatic hydroxyl groups excluding tert-OH is 2. The first-order valence-electron chi connectivity index (χ1n) is 12.8. The van der Waals surface area contributed by atoms with Gasteiger partial charge in [0.2, 0.25) is 0 Å². The molecule has 0 spiro atoms. The summed E-state index contributed by atoms with van der Waals surface area (Å²) in [4.78, 5) is 12.8. The third-order valence-corrected chi connectivity index (χ3v) is 8.45. The van der Waals surface area contributed by atoms with Crippen molar-refractivity contribution in [3.05, 3.63) is 59.9 Å². The van der Waals surface area contributed by atoms with Gasteiger partial charge >= 0.3 is 5.97 Å². The van der Waals surface area contributed by atoms with Gasteiger partial charge in [-0.2, -0.15) is 5.26 Å². The third kappa shape index (κ3) is 8.17. The van der Waals surface area contributed by atoms with Crippen molar-refractivity contribution in [1.29, 1.82) is 5.26 Å². The van der Waals surface area contributed by atoms with Crippen molar-refractivity contribution in [1.82, 2.24) is 0 Å². The monoisotopic (exact) mass is 499 g/mol. The minimum atomic E-state index is -0.350. The minimum absolute atomic E-state index is 0.0595. The van der Waals surface area contributed by atoms with Crippen molar-refractivity contribution in [3.8, 4) is 6.07 Å². The molecule has 192 valence electrons. The van der Waals surface area contributed by atoms with Crippen molar-refractivity contribution < 1.29 is 19.7 Å². The van der Waals surface area contributed by atoms with E-state index in [2.05, 4.69) is 61.0 Å². The predicted molar refractivity (Wildman–Crippen MR) is 142 cm³/mol. The molecule has 2 saturated carbocycles. The van der Waals surface area contributed by atoms with Gasteiger partial charge in [-0.3, -0.25) is 4.79 Å². The molecule has 0 aromatic carbocycles. The van der Waals surface area contributed by atoms with Crippen LogP contribution >= 0.6 is 11.3 Å². The van der Waals surface area contributed by atoms with Crippen LogP contribution in [0.15, 0.2) is 55.0 Å². The summed E-state index contributed by atoms with van der Waals surface area (Å²) in [5.74, 6) is 0.489. The normalized spacial score (nSPS) is 23.9. The first-order valence-corrected chi connectivity index (χ1v) is 13.7. The molecule has 2 aliphatic rings. The van der Waals surface area contributed by atoms with Gasteiger partial charge in [0.1, 0.15) is 6.61 Å². The Hall–Kier alpha value is -2.20. The van der Waals surface area contributed by atoms with E-state index in [0.717, 1.165) is 44.9 Å². The summed E-state index contributed by atoms with van der Waals surface area (Å²) in [6, 6.07) is 6.73. The Morgan fingerprint density at radius 3 is 2.74 bits per heavy atom. The second-order valence-corrected chi connectivity index (χ2v) is 10.3. The Balaban J connectivity index is 0.00000210. The van der Waals surface area contributed by atoms with E-state index in [4.69, 9.17) is 9.84 Å². The number of rotatable bonds is 13. The van der Waals surface area contributed by atoms with Gasteiger partial charge in [0.25, 0.3) is 0 Å². The molecule has 1 aromatic heterocycles. The lowest BCUT2D eigenvalue weighted by Crippen LogP contribution is -2.44. The standard InChI is InChI=1S/C27H37NO4S.C2H4/c28-20-22-14-13-21(23(22)9-3-1-2-4-12-26(31)32-18-17-29)8-5-10-24(30)27(15-7-16-27)25-11-6-19-33-25;1-2/h1,3,5-6,8,11,19,21-24,29-30H,2,4,7,9-10,12-18H2;1-2H2/b3-1-,8-5+;/t21-,22-,23?,24?;/m0./s1. The second kappa shape index (κ2) is 15.7. The molecule has 2 fully saturated rings. The van der Waals surface area contributed by atoms with Crippen LogP contribution in [0.1, 0.15) is 69.1 Å². The number of nitrogens with zero attached hydrogens (tertiary/aromatic N) is 1. The van der Waals surface area contributed by atoms with Crippen LogP contribution in [0, 0.1) is 29.1 Å². The molecule has 2 unspecified atom stereocenters. The van der Waals surface area contributed by atoms with Crippen molar-refractivity contribution in [2.24, 2.45) is 17.8 Å². The number of carbonyl (C=O) groups is 1. The minimum Gasteiger partial charge on any atom is -0.463 e. The number of ether oxygens (including phenoxy) is 1. The van der Waals surface area contributed by atoms with E-state index >= 15 is 0 Å². The van der Waals surface area contributed by atoms with E-state index in [-0.39, 0.29) is 36.6 Å². The predicted octanol–water partition coefficient (Wildman–Crippen LogP) is 6.10.